The topological polar surface area (TPSA) is 43.8 Å². The number of benzene rings is 1. The Bertz CT molecular complexity index is 602. The summed E-state index contributed by atoms with van der Waals surface area (Å²) >= 11 is 6.26. The van der Waals surface area contributed by atoms with Crippen molar-refractivity contribution in [3.63, 3.8) is 0 Å². The lowest BCUT2D eigenvalue weighted by molar-refractivity contribution is 0.447. The summed E-state index contributed by atoms with van der Waals surface area (Å²) in [5, 5.41) is 4.96. The quantitative estimate of drug-likeness (QED) is 0.942. The Morgan fingerprint density at radius 1 is 1.30 bits per heavy atom. The van der Waals surface area contributed by atoms with Gasteiger partial charge in [-0.25, -0.2) is 4.39 Å². The summed E-state index contributed by atoms with van der Waals surface area (Å²) in [4.78, 5) is 0. The summed E-state index contributed by atoms with van der Waals surface area (Å²) < 4.78 is 14.7. The molecule has 1 aromatic heterocycles. The highest BCUT2D eigenvalue weighted by Gasteiger charge is 2.24. The molecule has 20 heavy (non-hydrogen) atoms. The highest BCUT2D eigenvalue weighted by atomic mass is 35.5. The second-order valence-corrected chi connectivity index (χ2v) is 5.98. The average Bonchev–Trinajstić information content (AvgIpc) is 2.58. The molecule has 108 valence electrons. The van der Waals surface area contributed by atoms with Gasteiger partial charge in [-0.15, -0.1) is 0 Å². The molecule has 0 saturated heterocycles. The molecule has 5 heteroatoms. The molecule has 2 N–H and O–H groups in total. The van der Waals surface area contributed by atoms with E-state index in [0.29, 0.717) is 17.9 Å². The molecule has 0 amide bonds. The number of aromatic nitrogens is 2. The molecule has 0 aliphatic heterocycles. The Hall–Kier alpha value is -1.39. The molecule has 0 aliphatic carbocycles. The minimum atomic E-state index is -0.471. The molecule has 0 radical (unpaired) electrons. The van der Waals surface area contributed by atoms with Crippen molar-refractivity contribution in [3.8, 4) is 0 Å². The SMILES string of the molecule is Cc1nn(C)c(CC(C)(N)Cc2ccc(F)cc2)c1Cl. The molecule has 2 aromatic rings. The van der Waals surface area contributed by atoms with E-state index in [1.54, 1.807) is 16.8 Å². The van der Waals surface area contributed by atoms with E-state index in [1.165, 1.54) is 12.1 Å². The van der Waals surface area contributed by atoms with Gasteiger partial charge in [0.05, 0.1) is 16.4 Å². The van der Waals surface area contributed by atoms with Crippen LogP contribution in [0.5, 0.6) is 0 Å². The normalized spacial score (nSPS) is 14.3. The molecule has 0 fully saturated rings. The van der Waals surface area contributed by atoms with Crippen molar-refractivity contribution >= 4 is 11.6 Å². The molecule has 0 bridgehead atoms. The Kier molecular flexibility index (Phi) is 4.16. The van der Waals surface area contributed by atoms with Gasteiger partial charge in [-0.05, 0) is 38.0 Å². The molecule has 0 spiro atoms. The molecule has 3 nitrogen and oxygen atoms in total. The molecular weight excluding hydrogens is 277 g/mol. The third kappa shape index (κ3) is 3.38. The molecule has 0 saturated carbocycles. The average molecular weight is 296 g/mol. The first kappa shape index (κ1) is 15.0. The lowest BCUT2D eigenvalue weighted by Crippen LogP contribution is -2.41. The maximum absolute atomic E-state index is 12.9. The van der Waals surface area contributed by atoms with E-state index in [-0.39, 0.29) is 5.82 Å². The number of aryl methyl sites for hydroxylation is 2. The molecule has 2 rings (SSSR count). The van der Waals surface area contributed by atoms with Crippen molar-refractivity contribution in [1.82, 2.24) is 9.78 Å². The van der Waals surface area contributed by atoms with Crippen molar-refractivity contribution < 1.29 is 4.39 Å². The van der Waals surface area contributed by atoms with Gasteiger partial charge in [0.1, 0.15) is 5.82 Å². The number of hydrogen-bond acceptors (Lipinski definition) is 2. The van der Waals surface area contributed by atoms with Crippen LogP contribution in [0.15, 0.2) is 24.3 Å². The van der Waals surface area contributed by atoms with Crippen LogP contribution < -0.4 is 5.73 Å². The van der Waals surface area contributed by atoms with Crippen LogP contribution in [-0.2, 0) is 19.9 Å². The van der Waals surface area contributed by atoms with Crippen LogP contribution in [-0.4, -0.2) is 15.3 Å². The fraction of sp³-hybridized carbons (Fsp3) is 0.400. The van der Waals surface area contributed by atoms with Crippen molar-refractivity contribution in [3.05, 3.63) is 52.1 Å². The van der Waals surface area contributed by atoms with Gasteiger partial charge in [0.15, 0.2) is 0 Å². The van der Waals surface area contributed by atoms with Gasteiger partial charge in [-0.3, -0.25) is 4.68 Å². The lowest BCUT2D eigenvalue weighted by Gasteiger charge is -2.25. The second kappa shape index (κ2) is 5.54. The van der Waals surface area contributed by atoms with E-state index >= 15 is 0 Å². The van der Waals surface area contributed by atoms with E-state index in [0.717, 1.165) is 17.0 Å². The lowest BCUT2D eigenvalue weighted by atomic mass is 9.89. The van der Waals surface area contributed by atoms with Crippen LogP contribution in [0.3, 0.4) is 0 Å². The zero-order chi connectivity index (χ0) is 14.9. The Morgan fingerprint density at radius 2 is 1.90 bits per heavy atom. The van der Waals surface area contributed by atoms with Crippen molar-refractivity contribution in [1.29, 1.82) is 0 Å². The monoisotopic (exact) mass is 295 g/mol. The molecule has 1 atom stereocenters. The summed E-state index contributed by atoms with van der Waals surface area (Å²) in [6, 6.07) is 6.42. The number of nitrogens with two attached hydrogens (primary N) is 1. The smallest absolute Gasteiger partial charge is 0.123 e. The van der Waals surface area contributed by atoms with Crippen LogP contribution in [0.25, 0.3) is 0 Å². The maximum atomic E-state index is 12.9. The Balaban J connectivity index is 2.16. The summed E-state index contributed by atoms with van der Waals surface area (Å²) in [6.45, 7) is 3.84. The van der Waals surface area contributed by atoms with Gasteiger partial charge < -0.3 is 5.73 Å². The maximum Gasteiger partial charge on any atom is 0.123 e. The predicted octanol–water partition coefficient (Wildman–Crippen LogP) is 3.02. The number of hydrogen-bond donors (Lipinski definition) is 1. The molecule has 1 unspecified atom stereocenters. The zero-order valence-electron chi connectivity index (χ0n) is 12.0. The number of halogens is 2. The van der Waals surface area contributed by atoms with Crippen LogP contribution in [0.4, 0.5) is 4.39 Å². The van der Waals surface area contributed by atoms with Crippen molar-refractivity contribution in [2.24, 2.45) is 12.8 Å². The van der Waals surface area contributed by atoms with Gasteiger partial charge >= 0.3 is 0 Å². The highest BCUT2D eigenvalue weighted by molar-refractivity contribution is 6.31. The van der Waals surface area contributed by atoms with Crippen molar-refractivity contribution in [2.45, 2.75) is 32.2 Å². The van der Waals surface area contributed by atoms with E-state index < -0.39 is 5.54 Å². The second-order valence-electron chi connectivity index (χ2n) is 5.60. The number of nitrogens with zero attached hydrogens (tertiary/aromatic N) is 2. The van der Waals surface area contributed by atoms with Crippen LogP contribution in [0.2, 0.25) is 5.02 Å². The summed E-state index contributed by atoms with van der Waals surface area (Å²) in [5.41, 5.74) is 8.64. The van der Waals surface area contributed by atoms with Gasteiger partial charge in [0.2, 0.25) is 0 Å². The van der Waals surface area contributed by atoms with E-state index in [1.807, 2.05) is 20.9 Å². The first-order chi connectivity index (χ1) is 9.28. The van der Waals surface area contributed by atoms with Gasteiger partial charge in [0, 0.05) is 19.0 Å². The zero-order valence-corrected chi connectivity index (χ0v) is 12.7. The van der Waals surface area contributed by atoms with E-state index in [2.05, 4.69) is 5.10 Å². The van der Waals surface area contributed by atoms with Gasteiger partial charge in [-0.2, -0.15) is 5.10 Å². The molecule has 1 heterocycles. The van der Waals surface area contributed by atoms with Crippen LogP contribution >= 0.6 is 11.6 Å². The third-order valence-electron chi connectivity index (χ3n) is 3.35. The standard InChI is InChI=1S/C15H19ClFN3/c1-10-14(16)13(20(3)19-10)9-15(2,18)8-11-4-6-12(17)7-5-11/h4-7H,8-9,18H2,1-3H3. The third-order valence-corrected chi connectivity index (χ3v) is 3.85. The summed E-state index contributed by atoms with van der Waals surface area (Å²) in [7, 11) is 1.86. The Morgan fingerprint density at radius 3 is 2.40 bits per heavy atom. The first-order valence-corrected chi connectivity index (χ1v) is 6.87. The minimum absolute atomic E-state index is 0.238. The first-order valence-electron chi connectivity index (χ1n) is 6.50. The summed E-state index contributed by atoms with van der Waals surface area (Å²) in [5.74, 6) is -0.238. The van der Waals surface area contributed by atoms with Crippen LogP contribution in [0, 0.1) is 12.7 Å². The van der Waals surface area contributed by atoms with Gasteiger partial charge in [0.25, 0.3) is 0 Å². The fourth-order valence-electron chi connectivity index (χ4n) is 2.39. The minimum Gasteiger partial charge on any atom is -0.325 e. The largest absolute Gasteiger partial charge is 0.325 e. The van der Waals surface area contributed by atoms with Crippen molar-refractivity contribution in [2.75, 3.05) is 0 Å². The summed E-state index contributed by atoms with van der Waals surface area (Å²) in [6.07, 6.45) is 1.26. The fourth-order valence-corrected chi connectivity index (χ4v) is 2.61. The molecule has 1 aromatic carbocycles. The molecule has 0 aliphatic rings. The van der Waals surface area contributed by atoms with E-state index in [9.17, 15) is 4.39 Å². The van der Waals surface area contributed by atoms with E-state index in [4.69, 9.17) is 17.3 Å². The predicted molar refractivity (Wildman–Crippen MR) is 79.4 cm³/mol. The van der Waals surface area contributed by atoms with Gasteiger partial charge in [-0.1, -0.05) is 23.7 Å². The Labute approximate surface area is 123 Å². The number of rotatable bonds is 4. The molecular formula is C15H19ClFN3. The van der Waals surface area contributed by atoms with Crippen LogP contribution in [0.1, 0.15) is 23.9 Å². The highest BCUT2D eigenvalue weighted by Crippen LogP contribution is 2.24.